The van der Waals surface area contributed by atoms with Crippen LogP contribution in [0.4, 0.5) is 13.2 Å². The normalized spacial score (nSPS) is 25.9. The van der Waals surface area contributed by atoms with E-state index in [1.54, 1.807) is 67.6 Å². The summed E-state index contributed by atoms with van der Waals surface area (Å²) in [5.74, 6) is -14.1. The van der Waals surface area contributed by atoms with E-state index in [4.69, 9.17) is 16.2 Å². The number of hydrogen-bond acceptors (Lipinski definition) is 15. The molecule has 0 spiro atoms. The molecule has 0 saturated carbocycles. The second-order valence-electron chi connectivity index (χ2n) is 28.0. The molecule has 0 radical (unpaired) electrons. The average Bonchev–Trinajstić information content (AvgIpc) is 1.62. The van der Waals surface area contributed by atoms with E-state index in [0.717, 1.165) is 11.8 Å². The van der Waals surface area contributed by atoms with Crippen molar-refractivity contribution >= 4 is 87.0 Å². The molecule has 5 aliphatic rings. The van der Waals surface area contributed by atoms with Crippen molar-refractivity contribution in [3.63, 3.8) is 0 Å². The van der Waals surface area contributed by atoms with Crippen molar-refractivity contribution in [3.8, 4) is 5.75 Å². The lowest BCUT2D eigenvalue weighted by molar-refractivity contribution is -0.147. The Morgan fingerprint density at radius 3 is 2.12 bits per heavy atom. The summed E-state index contributed by atoms with van der Waals surface area (Å²) in [4.78, 5) is 179. The molecule has 2 fully saturated rings. The number of amides is 9. The Bertz CT molecular complexity index is 4090. The first-order valence-corrected chi connectivity index (χ1v) is 35.2. The molecule has 104 heavy (non-hydrogen) atoms. The molecular formula is C76H92F3N11O14. The first-order valence-electron chi connectivity index (χ1n) is 35.2. The number of nitrogens with one attached hydrogen (secondary N) is 7. The number of aliphatic hydroxyl groups is 1. The predicted octanol–water partition coefficient (Wildman–Crippen LogP) is 4.04. The molecule has 28 heteroatoms. The third kappa shape index (κ3) is 19.6. The standard InChI is InChI=1S/C76H92F3N11O14/c1-41-64(93)32-51(29-52-39-82-59-23-20-54(78)35-58(52)59)71(99)86-62(30-48-17-16-47-18-19-53(77)34-57(47)48)74(102)89-40-55(79)36-63(89)72(100)88-68(42(2)91)73(101)87-61(28-45-14-21-56(104-5)22-15-45)75(103)90-26-8-24-76(90,4)66(95)33-50(69(81)97)27-44-10-12-46(13-11-44)38-83-67(96)37-60(85-43(3)92)65(94)31-49(70(98)84-41)9-6-7-25-80/h10-15,17-23,34-35,39,41-42,49-51,55,60-63,68,82,91H,6-9,16,24-33,36-38,40,80H2,1-5H3,(H2,81,97)(H,83,96)(H,84,98)(H,85,92)(H,86,99)(H,87,101)(H,88,100)/t41-,42-,49-,50-,51-,55+,60+,61+,62+,63+,68+,76+/m1/s1. The number of Topliss-reactive ketones (excluding diaryl/α,β-unsaturated/α-hetero) is 3. The van der Waals surface area contributed by atoms with E-state index in [0.29, 0.717) is 74.9 Å². The second kappa shape index (κ2) is 34.9. The first kappa shape index (κ1) is 78.1. The lowest BCUT2D eigenvalue weighted by Crippen LogP contribution is -2.62. The van der Waals surface area contributed by atoms with Gasteiger partial charge < -0.3 is 68.0 Å². The number of primary amides is 1. The van der Waals surface area contributed by atoms with Crippen molar-refractivity contribution in [2.24, 2.45) is 29.2 Å². The van der Waals surface area contributed by atoms with E-state index in [1.807, 2.05) is 0 Å². The number of aromatic nitrogens is 1. The third-order valence-electron chi connectivity index (χ3n) is 20.3. The number of carbonyl (C=O) groups excluding carboxylic acids is 12. The Hall–Kier alpha value is -10.1. The van der Waals surface area contributed by atoms with Gasteiger partial charge in [-0.1, -0.05) is 55.0 Å². The van der Waals surface area contributed by atoms with Crippen molar-refractivity contribution < 1.29 is 80.5 Å². The van der Waals surface area contributed by atoms with Crippen LogP contribution in [0.2, 0.25) is 0 Å². The highest BCUT2D eigenvalue weighted by Crippen LogP contribution is 2.36. The largest absolute Gasteiger partial charge is 0.497 e. The molecule has 10 rings (SSSR count). The number of nitrogens with zero attached hydrogens (tertiary/aromatic N) is 2. The number of carbonyl (C=O) groups is 12. The highest BCUT2D eigenvalue weighted by Gasteiger charge is 2.49. The highest BCUT2D eigenvalue weighted by molar-refractivity contribution is 6.01. The van der Waals surface area contributed by atoms with Crippen LogP contribution in [0.25, 0.3) is 16.5 Å². The number of allylic oxidation sites excluding steroid dienone is 1. The van der Waals surface area contributed by atoms with Gasteiger partial charge in [0.05, 0.1) is 43.8 Å². The maximum absolute atomic E-state index is 16.2. The number of fused-ring (bicyclic) bond motifs is 30. The fourth-order valence-electron chi connectivity index (χ4n) is 14.3. The molecule has 5 aromatic rings. The van der Waals surface area contributed by atoms with Crippen molar-refractivity contribution in [2.75, 3.05) is 26.7 Å². The molecule has 2 bridgehead atoms. The SMILES string of the molecule is COc1ccc(C[C@@H]2NC(=O)[C@H]([C@@H](C)O)NC(=O)[C@@H]3C[C@H](F)CN3C(=O)[C@H](CC3=CCc4ccc(F)cc43)NC(=O)[C@H](Cc3c[nH]c4ccc(F)cc34)CC(=O)[C@@H](C)NC(=O)[C@H](CCCCN)CC(=O)[C@@H](NC(C)=O)CC(=O)NCc3ccc(cc3)C[C@@H](C(N)=O)CC(=O)[C@]3(C)CCCN3C2=O)cc1. The molecule has 5 heterocycles. The molecule has 4 aliphatic heterocycles. The number of unbranched alkanes of at least 4 members (excludes halogenated alkanes) is 1. The molecule has 9 amide bonds. The number of hydrogen-bond donors (Lipinski definition) is 10. The summed E-state index contributed by atoms with van der Waals surface area (Å²) < 4.78 is 51.6. The number of rotatable bonds is 14. The number of ether oxygens (including phenoxy) is 1. The van der Waals surface area contributed by atoms with E-state index in [2.05, 4.69) is 36.9 Å². The van der Waals surface area contributed by atoms with E-state index in [-0.39, 0.29) is 64.6 Å². The Balaban J connectivity index is 1.08. The van der Waals surface area contributed by atoms with Gasteiger partial charge in [0.1, 0.15) is 47.7 Å². The van der Waals surface area contributed by atoms with Crippen molar-refractivity contribution in [3.05, 3.63) is 142 Å². The van der Waals surface area contributed by atoms with Crippen molar-refractivity contribution in [2.45, 2.75) is 185 Å². The lowest BCUT2D eigenvalue weighted by Gasteiger charge is -2.37. The molecule has 12 N–H and O–H groups in total. The van der Waals surface area contributed by atoms with Gasteiger partial charge in [-0.05, 0) is 154 Å². The van der Waals surface area contributed by atoms with E-state index < -0.39 is 193 Å². The lowest BCUT2D eigenvalue weighted by atomic mass is 9.84. The summed E-state index contributed by atoms with van der Waals surface area (Å²) in [6.07, 6.45) is -2.34. The average molecular weight is 1440 g/mol. The minimum Gasteiger partial charge on any atom is -0.497 e. The number of benzene rings is 4. The van der Waals surface area contributed by atoms with Crippen LogP contribution in [0, 0.1) is 29.4 Å². The molecule has 2 saturated heterocycles. The van der Waals surface area contributed by atoms with Crippen LogP contribution < -0.4 is 48.1 Å². The van der Waals surface area contributed by atoms with Crippen LogP contribution in [0.1, 0.15) is 132 Å². The van der Waals surface area contributed by atoms with Crippen LogP contribution in [-0.2, 0) is 89.8 Å². The number of ketones is 3. The summed E-state index contributed by atoms with van der Waals surface area (Å²) in [5, 5.41) is 27.6. The predicted molar refractivity (Wildman–Crippen MR) is 376 cm³/mol. The van der Waals surface area contributed by atoms with Gasteiger partial charge in [-0.2, -0.15) is 0 Å². The zero-order valence-corrected chi connectivity index (χ0v) is 59.0. The smallest absolute Gasteiger partial charge is 0.246 e. The quantitative estimate of drug-likeness (QED) is 0.0702. The fourth-order valence-corrected chi connectivity index (χ4v) is 14.3. The Morgan fingerprint density at radius 1 is 0.760 bits per heavy atom. The maximum Gasteiger partial charge on any atom is 0.246 e. The van der Waals surface area contributed by atoms with E-state index in [9.17, 15) is 52.6 Å². The van der Waals surface area contributed by atoms with Crippen LogP contribution in [0.5, 0.6) is 5.75 Å². The van der Waals surface area contributed by atoms with Crippen LogP contribution >= 0.6 is 0 Å². The van der Waals surface area contributed by atoms with Crippen LogP contribution in [-0.4, -0.2) is 171 Å². The van der Waals surface area contributed by atoms with Gasteiger partial charge in [0.15, 0.2) is 17.3 Å². The summed E-state index contributed by atoms with van der Waals surface area (Å²) in [6.45, 7) is 4.75. The number of nitrogens with two attached hydrogens (primary N) is 2. The van der Waals surface area contributed by atoms with Gasteiger partial charge in [0, 0.05) is 93.4 Å². The Labute approximate surface area is 600 Å². The molecule has 25 nitrogen and oxygen atoms in total. The summed E-state index contributed by atoms with van der Waals surface area (Å²) in [5.41, 5.74) is 14.2. The summed E-state index contributed by atoms with van der Waals surface area (Å²) >= 11 is 0. The van der Waals surface area contributed by atoms with Gasteiger partial charge in [-0.25, -0.2) is 13.2 Å². The minimum absolute atomic E-state index is 0.0100. The van der Waals surface area contributed by atoms with Gasteiger partial charge in [-0.15, -0.1) is 0 Å². The highest BCUT2D eigenvalue weighted by atomic mass is 19.1. The molecule has 1 aliphatic carbocycles. The van der Waals surface area contributed by atoms with Gasteiger partial charge in [0.25, 0.3) is 0 Å². The maximum atomic E-state index is 16.2. The van der Waals surface area contributed by atoms with E-state index in [1.165, 1.54) is 62.4 Å². The van der Waals surface area contributed by atoms with Gasteiger partial charge >= 0.3 is 0 Å². The molecule has 0 unspecified atom stereocenters. The van der Waals surface area contributed by atoms with Crippen molar-refractivity contribution in [1.82, 2.24) is 46.7 Å². The number of aromatic amines is 1. The summed E-state index contributed by atoms with van der Waals surface area (Å²) in [7, 11) is 1.46. The molecule has 556 valence electrons. The van der Waals surface area contributed by atoms with Crippen LogP contribution in [0.3, 0.4) is 0 Å². The fraction of sp³-hybridized carbons (Fsp3) is 0.474. The van der Waals surface area contributed by atoms with E-state index >= 15 is 23.2 Å². The van der Waals surface area contributed by atoms with Crippen LogP contribution in [0.15, 0.2) is 97.2 Å². The number of H-pyrrole nitrogens is 1. The monoisotopic (exact) mass is 1440 g/mol. The first-order chi connectivity index (χ1) is 49.5. The Kier molecular flexibility index (Phi) is 26.2. The molecule has 1 aromatic heterocycles. The van der Waals surface area contributed by atoms with Crippen molar-refractivity contribution in [1.29, 1.82) is 0 Å². The molecule has 4 aromatic carbocycles. The second-order valence-corrected chi connectivity index (χ2v) is 28.0. The summed E-state index contributed by atoms with van der Waals surface area (Å²) in [6, 6.07) is 11.6. The third-order valence-corrected chi connectivity index (χ3v) is 20.3. The van der Waals surface area contributed by atoms with Gasteiger partial charge in [-0.3, -0.25) is 57.5 Å². The minimum atomic E-state index is -1.89. The Morgan fingerprint density at radius 2 is 1.43 bits per heavy atom. The van der Waals surface area contributed by atoms with Gasteiger partial charge in [0.2, 0.25) is 53.2 Å². The topological polar surface area (TPSA) is 381 Å². The zero-order valence-electron chi connectivity index (χ0n) is 59.0. The molecule has 12 atom stereocenters. The number of aliphatic hydroxyl groups excluding tert-OH is 1. The number of methoxy groups -OCH3 is 1. The molecular weight excluding hydrogens is 1350 g/mol. The zero-order chi connectivity index (χ0) is 75.3. The number of alkyl halides is 1. The number of halogens is 3.